The maximum absolute atomic E-state index is 6.35. The van der Waals surface area contributed by atoms with Gasteiger partial charge in [0.05, 0.1) is 11.0 Å². The van der Waals surface area contributed by atoms with Gasteiger partial charge in [-0.2, -0.15) is 0 Å². The highest BCUT2D eigenvalue weighted by Crippen LogP contribution is 2.44. The summed E-state index contributed by atoms with van der Waals surface area (Å²) in [5.41, 5.74) is 24.8. The van der Waals surface area contributed by atoms with Crippen molar-refractivity contribution in [3.8, 4) is 72.4 Å². The lowest BCUT2D eigenvalue weighted by Gasteiger charge is -2.15. The van der Waals surface area contributed by atoms with Gasteiger partial charge in [-0.25, -0.2) is 0 Å². The molecule has 0 unspecified atom stereocenters. The summed E-state index contributed by atoms with van der Waals surface area (Å²) in [5.74, 6) is 0. The Hall–Kier alpha value is -8.98. The summed E-state index contributed by atoms with van der Waals surface area (Å²) < 4.78 is 2.46. The molecule has 2 heteroatoms. The van der Waals surface area contributed by atoms with Gasteiger partial charge in [-0.3, -0.25) is 0 Å². The van der Waals surface area contributed by atoms with Gasteiger partial charge in [0.15, 0.2) is 0 Å². The van der Waals surface area contributed by atoms with Gasteiger partial charge in [0, 0.05) is 22.1 Å². The predicted octanol–water partition coefficient (Wildman–Crippen LogP) is 17.8. The molecule has 1 aromatic heterocycles. The van der Waals surface area contributed by atoms with E-state index in [0.717, 1.165) is 33.5 Å². The molecule has 0 spiro atoms. The van der Waals surface area contributed by atoms with Crippen LogP contribution in [0.3, 0.4) is 0 Å². The monoisotopic (exact) mass is 864 g/mol. The molecule has 13 rings (SSSR count). The Labute approximate surface area is 395 Å². The van der Waals surface area contributed by atoms with Crippen molar-refractivity contribution in [2.24, 2.45) is 0 Å². The second-order valence-corrected chi connectivity index (χ2v) is 17.8. The second kappa shape index (κ2) is 16.2. The van der Waals surface area contributed by atoms with Gasteiger partial charge in [0.2, 0.25) is 0 Å². The zero-order valence-corrected chi connectivity index (χ0v) is 37.3. The highest BCUT2D eigenvalue weighted by Gasteiger charge is 2.19. The van der Waals surface area contributed by atoms with Gasteiger partial charge in [-0.15, -0.1) is 0 Å². The van der Waals surface area contributed by atoms with E-state index in [-0.39, 0.29) is 0 Å². The molecule has 0 aliphatic heterocycles. The lowest BCUT2D eigenvalue weighted by atomic mass is 9.90. The largest absolute Gasteiger partial charge is 0.399 e. The lowest BCUT2D eigenvalue weighted by Crippen LogP contribution is -1.95. The van der Waals surface area contributed by atoms with E-state index in [9.17, 15) is 0 Å². The smallest absolute Gasteiger partial charge is 0.0541 e. The van der Waals surface area contributed by atoms with Crippen molar-refractivity contribution in [3.05, 3.63) is 255 Å². The van der Waals surface area contributed by atoms with Crippen molar-refractivity contribution in [1.82, 2.24) is 4.57 Å². The molecule has 0 saturated heterocycles. The number of nitrogens with two attached hydrogens (primary N) is 1. The van der Waals surface area contributed by atoms with Gasteiger partial charge in [-0.05, 0) is 148 Å². The van der Waals surface area contributed by atoms with Crippen LogP contribution >= 0.6 is 0 Å². The fourth-order valence-corrected chi connectivity index (χ4v) is 10.9. The Bertz CT molecular complexity index is 3890. The summed E-state index contributed by atoms with van der Waals surface area (Å²) in [6.45, 7) is 0. The molecule has 0 saturated carbocycles. The molecule has 0 atom stereocenters. The maximum Gasteiger partial charge on any atom is 0.0541 e. The summed E-state index contributed by atoms with van der Waals surface area (Å²) in [4.78, 5) is 0. The van der Waals surface area contributed by atoms with Gasteiger partial charge >= 0.3 is 0 Å². The number of fused-ring (bicyclic) bond motifs is 6. The molecule has 0 bridgehead atoms. The third-order valence-corrected chi connectivity index (χ3v) is 13.9. The van der Waals surface area contributed by atoms with Crippen molar-refractivity contribution >= 4 is 59.8 Å². The van der Waals surface area contributed by atoms with Crippen molar-refractivity contribution in [1.29, 1.82) is 0 Å². The third-order valence-electron chi connectivity index (χ3n) is 13.9. The molecule has 1 heterocycles. The molecule has 0 aliphatic carbocycles. The highest BCUT2D eigenvalue weighted by molar-refractivity contribution is 6.15. The number of hydrogen-bond acceptors (Lipinski definition) is 1. The third kappa shape index (κ3) is 6.57. The molecule has 0 fully saturated rings. The maximum atomic E-state index is 6.35. The first-order valence-electron chi connectivity index (χ1n) is 23.4. The Balaban J connectivity index is 1.05. The minimum absolute atomic E-state index is 0.755. The molecule has 0 amide bonds. The van der Waals surface area contributed by atoms with Crippen molar-refractivity contribution in [3.63, 3.8) is 0 Å². The van der Waals surface area contributed by atoms with Crippen LogP contribution in [0.4, 0.5) is 5.69 Å². The molecular formula is C66H44N2. The van der Waals surface area contributed by atoms with E-state index in [1.54, 1.807) is 0 Å². The predicted molar refractivity (Wildman–Crippen MR) is 290 cm³/mol. The van der Waals surface area contributed by atoms with Crippen LogP contribution in [0.5, 0.6) is 0 Å². The van der Waals surface area contributed by atoms with Crippen molar-refractivity contribution in [2.75, 3.05) is 5.73 Å². The van der Waals surface area contributed by atoms with Crippen LogP contribution in [0.15, 0.2) is 255 Å². The summed E-state index contributed by atoms with van der Waals surface area (Å²) in [6.07, 6.45) is 0. The summed E-state index contributed by atoms with van der Waals surface area (Å²) >= 11 is 0. The normalized spacial score (nSPS) is 11.6. The fourth-order valence-electron chi connectivity index (χ4n) is 10.9. The molecule has 2 nitrogen and oxygen atoms in total. The number of aromatic nitrogens is 1. The van der Waals surface area contributed by atoms with Gasteiger partial charge in [0.25, 0.3) is 0 Å². The first-order valence-corrected chi connectivity index (χ1v) is 23.4. The van der Waals surface area contributed by atoms with Gasteiger partial charge in [-0.1, -0.05) is 206 Å². The molecule has 68 heavy (non-hydrogen) atoms. The Morgan fingerprint density at radius 2 is 0.588 bits per heavy atom. The van der Waals surface area contributed by atoms with Crippen LogP contribution in [-0.4, -0.2) is 4.57 Å². The molecule has 13 aromatic rings. The quantitative estimate of drug-likeness (QED) is 0.159. The lowest BCUT2D eigenvalue weighted by molar-refractivity contribution is 1.18. The van der Waals surface area contributed by atoms with Crippen LogP contribution in [0.1, 0.15) is 0 Å². The van der Waals surface area contributed by atoms with E-state index in [1.807, 2.05) is 12.1 Å². The van der Waals surface area contributed by atoms with E-state index in [2.05, 4.69) is 247 Å². The van der Waals surface area contributed by atoms with Crippen LogP contribution in [0.25, 0.3) is 127 Å². The highest BCUT2D eigenvalue weighted by atomic mass is 15.0. The van der Waals surface area contributed by atoms with E-state index in [4.69, 9.17) is 5.73 Å². The van der Waals surface area contributed by atoms with Crippen LogP contribution < -0.4 is 5.73 Å². The van der Waals surface area contributed by atoms with Gasteiger partial charge in [0.1, 0.15) is 0 Å². The van der Waals surface area contributed by atoms with E-state index in [0.29, 0.717) is 0 Å². The van der Waals surface area contributed by atoms with E-state index in [1.165, 1.54) is 98.7 Å². The first kappa shape index (κ1) is 39.4. The van der Waals surface area contributed by atoms with Crippen LogP contribution in [0.2, 0.25) is 0 Å². The molecule has 0 aliphatic rings. The molecule has 0 radical (unpaired) electrons. The Kier molecular flexibility index (Phi) is 9.37. The minimum atomic E-state index is 0.755. The topological polar surface area (TPSA) is 30.9 Å². The molecule has 12 aromatic carbocycles. The zero-order valence-electron chi connectivity index (χ0n) is 37.3. The summed E-state index contributed by atoms with van der Waals surface area (Å²) in [5, 5.41) is 9.78. The average molecular weight is 865 g/mol. The zero-order chi connectivity index (χ0) is 45.1. The van der Waals surface area contributed by atoms with E-state index < -0.39 is 0 Å². The van der Waals surface area contributed by atoms with Crippen molar-refractivity contribution < 1.29 is 0 Å². The van der Waals surface area contributed by atoms with Gasteiger partial charge < -0.3 is 10.3 Å². The Morgan fingerprint density at radius 1 is 0.250 bits per heavy atom. The summed E-state index contributed by atoms with van der Waals surface area (Å²) in [7, 11) is 0. The molecule has 318 valence electrons. The molecule has 2 N–H and O–H groups in total. The second-order valence-electron chi connectivity index (χ2n) is 17.8. The SMILES string of the molecule is Nc1cccc(-c2cccc3cccc(-c4cccc(-n5c6ccc(-c7cccc8cccc(-c9ccccc9)c78)cc6c6cc(-c7cccc8cccc(-c9ccccc9)c78)ccc65)c4)c23)c1. The number of hydrogen-bond donors (Lipinski definition) is 1. The first-order chi connectivity index (χ1) is 33.6. The van der Waals surface area contributed by atoms with Crippen LogP contribution in [-0.2, 0) is 0 Å². The van der Waals surface area contributed by atoms with Crippen molar-refractivity contribution in [2.45, 2.75) is 0 Å². The number of nitrogen functional groups attached to an aromatic ring is 1. The number of rotatable bonds is 7. The average Bonchev–Trinajstić information content (AvgIpc) is 3.73. The van der Waals surface area contributed by atoms with E-state index >= 15 is 0 Å². The van der Waals surface area contributed by atoms with Crippen LogP contribution in [0, 0.1) is 0 Å². The number of anilines is 1. The molecular weight excluding hydrogens is 821 g/mol. The number of benzene rings is 12. The minimum Gasteiger partial charge on any atom is -0.399 e. The Morgan fingerprint density at radius 3 is 1.00 bits per heavy atom. The standard InChI is InChI=1S/C66H44N2/c67-52-27-7-25-48(39-52)56-31-11-23-47-24-12-32-57(66(47)56)49-26-8-28-53(40-49)68-62-37-35-50(58-33-13-21-45-19-9-29-54(64(45)58)43-15-3-1-4-16-43)41-60(62)61-42-51(36-38-63(61)68)59-34-14-22-46-20-10-30-55(65(46)59)44-17-5-2-6-18-44/h1-42H,67H2. The summed E-state index contributed by atoms with van der Waals surface area (Å²) in [6, 6.07) is 92.9. The number of nitrogens with zero attached hydrogens (tertiary/aromatic N) is 1. The fraction of sp³-hybridized carbons (Fsp3) is 0.